The lowest BCUT2D eigenvalue weighted by molar-refractivity contribution is 0.476. The lowest BCUT2D eigenvalue weighted by atomic mass is 10.2. The van der Waals surface area contributed by atoms with Crippen molar-refractivity contribution in [3.05, 3.63) is 56.1 Å². The summed E-state index contributed by atoms with van der Waals surface area (Å²) >= 11 is 5.84. The number of para-hydroxylation sites is 1. The molecule has 0 aliphatic carbocycles. The van der Waals surface area contributed by atoms with Gasteiger partial charge < -0.3 is 10.1 Å². The maximum Gasteiger partial charge on any atom is 0.141 e. The van der Waals surface area contributed by atoms with Crippen LogP contribution >= 0.6 is 38.5 Å². The molecule has 0 unspecified atom stereocenters. The number of nitrogens with one attached hydrogen (secondary N) is 1. The molecule has 0 aliphatic rings. The van der Waals surface area contributed by atoms with Gasteiger partial charge in [-0.1, -0.05) is 25.1 Å². The Morgan fingerprint density at radius 2 is 1.95 bits per heavy atom. The fourth-order valence-electron chi connectivity index (χ4n) is 1.65. The zero-order chi connectivity index (χ0) is 13.7. The molecule has 2 rings (SSSR count). The first-order chi connectivity index (χ1) is 9.20. The second-order valence-electron chi connectivity index (χ2n) is 4.08. The maximum absolute atomic E-state index is 5.92. The lowest BCUT2D eigenvalue weighted by Gasteiger charge is -2.11. The molecule has 100 valence electrons. The van der Waals surface area contributed by atoms with Crippen LogP contribution in [0.15, 0.2) is 46.9 Å². The maximum atomic E-state index is 5.92. The van der Waals surface area contributed by atoms with Crippen molar-refractivity contribution in [2.45, 2.75) is 13.5 Å². The molecule has 0 saturated carbocycles. The smallest absolute Gasteiger partial charge is 0.141 e. The van der Waals surface area contributed by atoms with Crippen LogP contribution in [-0.4, -0.2) is 6.54 Å². The molecule has 19 heavy (non-hydrogen) atoms. The summed E-state index contributed by atoms with van der Waals surface area (Å²) in [5.41, 5.74) is 1.24. The van der Waals surface area contributed by atoms with E-state index in [0.717, 1.165) is 32.6 Å². The molecule has 0 heterocycles. The van der Waals surface area contributed by atoms with Crippen molar-refractivity contribution in [3.63, 3.8) is 0 Å². The summed E-state index contributed by atoms with van der Waals surface area (Å²) in [4.78, 5) is 0. The van der Waals surface area contributed by atoms with Crippen LogP contribution in [0.25, 0.3) is 0 Å². The predicted molar refractivity (Wildman–Crippen MR) is 90.8 cm³/mol. The van der Waals surface area contributed by atoms with Gasteiger partial charge in [-0.05, 0) is 74.9 Å². The Labute approximate surface area is 135 Å². The van der Waals surface area contributed by atoms with Gasteiger partial charge in [-0.25, -0.2) is 0 Å². The number of benzene rings is 2. The molecule has 0 fully saturated rings. The molecule has 0 aliphatic heterocycles. The molecule has 0 aromatic heterocycles. The van der Waals surface area contributed by atoms with Crippen LogP contribution in [0, 0.1) is 3.57 Å². The molecule has 0 atom stereocenters. The van der Waals surface area contributed by atoms with E-state index in [2.05, 4.69) is 62.9 Å². The number of hydrogen-bond acceptors (Lipinski definition) is 2. The van der Waals surface area contributed by atoms with E-state index >= 15 is 0 Å². The van der Waals surface area contributed by atoms with E-state index < -0.39 is 0 Å². The minimum Gasteiger partial charge on any atom is -0.455 e. The first kappa shape index (κ1) is 14.8. The summed E-state index contributed by atoms with van der Waals surface area (Å²) in [5, 5.41) is 3.31. The van der Waals surface area contributed by atoms with Crippen molar-refractivity contribution in [2.24, 2.45) is 0 Å². The normalized spacial score (nSPS) is 10.5. The SMILES string of the molecule is CCNCc1ccc(Oc2ccccc2I)c(Br)c1. The van der Waals surface area contributed by atoms with Crippen molar-refractivity contribution in [1.29, 1.82) is 0 Å². The van der Waals surface area contributed by atoms with E-state index in [1.54, 1.807) is 0 Å². The van der Waals surface area contributed by atoms with Gasteiger partial charge in [0.25, 0.3) is 0 Å². The Hall–Kier alpha value is -0.590. The van der Waals surface area contributed by atoms with Crippen LogP contribution in [0.4, 0.5) is 0 Å². The van der Waals surface area contributed by atoms with E-state index in [1.807, 2.05) is 30.3 Å². The average Bonchev–Trinajstić information content (AvgIpc) is 2.41. The fraction of sp³-hybridized carbons (Fsp3) is 0.200. The van der Waals surface area contributed by atoms with Gasteiger partial charge in [-0.15, -0.1) is 0 Å². The molecular formula is C15H15BrINO. The quantitative estimate of drug-likeness (QED) is 0.676. The monoisotopic (exact) mass is 431 g/mol. The van der Waals surface area contributed by atoms with Gasteiger partial charge >= 0.3 is 0 Å². The standard InChI is InChI=1S/C15H15BrINO/c1-2-18-10-11-7-8-14(12(16)9-11)19-15-6-4-3-5-13(15)17/h3-9,18H,2,10H2,1H3. The van der Waals surface area contributed by atoms with Crippen LogP contribution < -0.4 is 10.1 Å². The number of ether oxygens (including phenoxy) is 1. The fourth-order valence-corrected chi connectivity index (χ4v) is 2.66. The highest BCUT2D eigenvalue weighted by Crippen LogP contribution is 2.32. The van der Waals surface area contributed by atoms with Crippen LogP contribution in [0.3, 0.4) is 0 Å². The Morgan fingerprint density at radius 1 is 1.16 bits per heavy atom. The third-order valence-electron chi connectivity index (χ3n) is 2.63. The predicted octanol–water partition coefficient (Wildman–Crippen LogP) is 4.96. The topological polar surface area (TPSA) is 21.3 Å². The van der Waals surface area contributed by atoms with Gasteiger partial charge in [0.15, 0.2) is 0 Å². The van der Waals surface area contributed by atoms with Crippen LogP contribution in [0.5, 0.6) is 11.5 Å². The molecule has 0 bridgehead atoms. The molecule has 0 saturated heterocycles. The third kappa shape index (κ3) is 4.19. The van der Waals surface area contributed by atoms with Crippen molar-refractivity contribution in [2.75, 3.05) is 6.54 Å². The van der Waals surface area contributed by atoms with Crippen molar-refractivity contribution >= 4 is 38.5 Å². The third-order valence-corrected chi connectivity index (χ3v) is 4.14. The summed E-state index contributed by atoms with van der Waals surface area (Å²) in [5.74, 6) is 1.72. The summed E-state index contributed by atoms with van der Waals surface area (Å²) in [6.07, 6.45) is 0. The molecule has 2 aromatic carbocycles. The van der Waals surface area contributed by atoms with Gasteiger partial charge in [0, 0.05) is 6.54 Å². The Morgan fingerprint density at radius 3 is 2.63 bits per heavy atom. The molecule has 0 amide bonds. The first-order valence-corrected chi connectivity index (χ1v) is 7.99. The summed E-state index contributed by atoms with van der Waals surface area (Å²) in [6.45, 7) is 3.94. The van der Waals surface area contributed by atoms with Crippen molar-refractivity contribution in [3.8, 4) is 11.5 Å². The zero-order valence-electron chi connectivity index (χ0n) is 10.6. The van der Waals surface area contributed by atoms with E-state index in [-0.39, 0.29) is 0 Å². The Kier molecular flexibility index (Phi) is 5.66. The highest BCUT2D eigenvalue weighted by Gasteiger charge is 2.06. The lowest BCUT2D eigenvalue weighted by Crippen LogP contribution is -2.11. The molecule has 0 spiro atoms. The summed E-state index contributed by atoms with van der Waals surface area (Å²) in [7, 11) is 0. The van der Waals surface area contributed by atoms with E-state index in [9.17, 15) is 0 Å². The van der Waals surface area contributed by atoms with Gasteiger partial charge in [-0.2, -0.15) is 0 Å². The van der Waals surface area contributed by atoms with Gasteiger partial charge in [-0.3, -0.25) is 0 Å². The highest BCUT2D eigenvalue weighted by atomic mass is 127. The summed E-state index contributed by atoms with van der Waals surface area (Å²) in [6, 6.07) is 14.2. The second kappa shape index (κ2) is 7.26. The second-order valence-corrected chi connectivity index (χ2v) is 6.09. The minimum atomic E-state index is 0.837. The average molecular weight is 432 g/mol. The molecule has 2 nitrogen and oxygen atoms in total. The molecular weight excluding hydrogens is 417 g/mol. The van der Waals surface area contributed by atoms with Gasteiger partial charge in [0.1, 0.15) is 11.5 Å². The Bertz CT molecular complexity index is 560. The van der Waals surface area contributed by atoms with Crippen LogP contribution in [0.1, 0.15) is 12.5 Å². The van der Waals surface area contributed by atoms with E-state index in [0.29, 0.717) is 0 Å². The number of hydrogen-bond donors (Lipinski definition) is 1. The zero-order valence-corrected chi connectivity index (χ0v) is 14.4. The highest BCUT2D eigenvalue weighted by molar-refractivity contribution is 14.1. The van der Waals surface area contributed by atoms with E-state index in [1.165, 1.54) is 5.56 Å². The molecule has 1 N–H and O–H groups in total. The van der Waals surface area contributed by atoms with Crippen molar-refractivity contribution < 1.29 is 4.74 Å². The van der Waals surface area contributed by atoms with Crippen molar-refractivity contribution in [1.82, 2.24) is 5.32 Å². The van der Waals surface area contributed by atoms with Gasteiger partial charge in [0.05, 0.1) is 8.04 Å². The largest absolute Gasteiger partial charge is 0.455 e. The number of halogens is 2. The first-order valence-electron chi connectivity index (χ1n) is 6.12. The van der Waals surface area contributed by atoms with Crippen LogP contribution in [0.2, 0.25) is 0 Å². The van der Waals surface area contributed by atoms with E-state index in [4.69, 9.17) is 4.74 Å². The molecule has 2 aromatic rings. The van der Waals surface area contributed by atoms with Gasteiger partial charge in [0.2, 0.25) is 0 Å². The Balaban J connectivity index is 2.15. The van der Waals surface area contributed by atoms with Crippen LogP contribution in [-0.2, 0) is 6.54 Å². The number of rotatable bonds is 5. The molecule has 0 radical (unpaired) electrons. The minimum absolute atomic E-state index is 0.837. The summed E-state index contributed by atoms with van der Waals surface area (Å²) < 4.78 is 8.00. The molecule has 4 heteroatoms.